The van der Waals surface area contributed by atoms with E-state index in [1.54, 1.807) is 38.2 Å². The van der Waals surface area contributed by atoms with Gasteiger partial charge < -0.3 is 14.6 Å². The Morgan fingerprint density at radius 2 is 1.60 bits per heavy atom. The Morgan fingerprint density at radius 3 is 2.23 bits per heavy atom. The maximum Gasteiger partial charge on any atom is 0.356 e. The molecule has 6 nitrogen and oxygen atoms in total. The number of benzene rings is 3. The topological polar surface area (TPSA) is 77.4 Å². The van der Waals surface area contributed by atoms with Crippen molar-refractivity contribution < 1.29 is 14.3 Å². The Morgan fingerprint density at radius 1 is 0.971 bits per heavy atom. The standard InChI is InChI=1S/C28H25IN2O4/c1-4-23(26(32)30-20-15-13-19(29)14-16-20)35-28(34)25-24(18-11-9-17(2)10-12-18)21-7-5-6-8-22(21)27(33)31(25)3/h5-16,23H,4H2,1-3H3,(H,30,32). The van der Waals surface area contributed by atoms with Crippen molar-refractivity contribution in [3.63, 3.8) is 0 Å². The zero-order chi connectivity index (χ0) is 25.1. The molecule has 0 radical (unpaired) electrons. The van der Waals surface area contributed by atoms with Crippen LogP contribution in [-0.2, 0) is 16.6 Å². The summed E-state index contributed by atoms with van der Waals surface area (Å²) in [6.07, 6.45) is -0.738. The van der Waals surface area contributed by atoms with E-state index in [1.165, 1.54) is 4.57 Å². The van der Waals surface area contributed by atoms with Crippen molar-refractivity contribution in [2.24, 2.45) is 7.05 Å². The molecule has 1 atom stereocenters. The number of nitrogens with one attached hydrogen (secondary N) is 1. The number of nitrogens with zero attached hydrogens (tertiary/aromatic N) is 1. The summed E-state index contributed by atoms with van der Waals surface area (Å²) in [6.45, 7) is 3.75. The van der Waals surface area contributed by atoms with Crippen LogP contribution in [0.3, 0.4) is 0 Å². The zero-order valence-corrected chi connectivity index (χ0v) is 21.8. The molecule has 0 spiro atoms. The summed E-state index contributed by atoms with van der Waals surface area (Å²) in [7, 11) is 1.55. The molecule has 0 saturated heterocycles. The lowest BCUT2D eigenvalue weighted by Gasteiger charge is -2.20. The van der Waals surface area contributed by atoms with Crippen molar-refractivity contribution in [3.05, 3.63) is 98.0 Å². The lowest BCUT2D eigenvalue weighted by Crippen LogP contribution is -2.34. The molecule has 0 aliphatic heterocycles. The van der Waals surface area contributed by atoms with Gasteiger partial charge in [0.25, 0.3) is 11.5 Å². The molecule has 1 heterocycles. The summed E-state index contributed by atoms with van der Waals surface area (Å²) in [5.41, 5.74) is 2.87. The molecule has 0 saturated carbocycles. The van der Waals surface area contributed by atoms with E-state index in [1.807, 2.05) is 55.5 Å². The van der Waals surface area contributed by atoms with E-state index in [0.717, 1.165) is 14.7 Å². The summed E-state index contributed by atoms with van der Waals surface area (Å²) >= 11 is 2.18. The van der Waals surface area contributed by atoms with Gasteiger partial charge in [-0.15, -0.1) is 0 Å². The average Bonchev–Trinajstić information content (AvgIpc) is 2.86. The first-order chi connectivity index (χ1) is 16.8. The molecule has 1 unspecified atom stereocenters. The number of carbonyl (C=O) groups excluding carboxylic acids is 2. The van der Waals surface area contributed by atoms with Gasteiger partial charge in [-0.1, -0.05) is 55.0 Å². The van der Waals surface area contributed by atoms with Gasteiger partial charge in [0.2, 0.25) is 0 Å². The van der Waals surface area contributed by atoms with E-state index >= 15 is 0 Å². The van der Waals surface area contributed by atoms with Crippen molar-refractivity contribution >= 4 is 50.9 Å². The van der Waals surface area contributed by atoms with E-state index in [-0.39, 0.29) is 17.7 Å². The van der Waals surface area contributed by atoms with Gasteiger partial charge in [0.1, 0.15) is 5.69 Å². The summed E-state index contributed by atoms with van der Waals surface area (Å²) in [5.74, 6) is -1.15. The number of hydrogen-bond acceptors (Lipinski definition) is 4. The number of pyridine rings is 1. The molecule has 1 aromatic heterocycles. The van der Waals surface area contributed by atoms with Gasteiger partial charge in [0.15, 0.2) is 6.10 Å². The third-order valence-corrected chi connectivity index (χ3v) is 6.58. The second-order valence-corrected chi connectivity index (χ2v) is 9.54. The highest BCUT2D eigenvalue weighted by atomic mass is 127. The molecule has 7 heteroatoms. The highest BCUT2D eigenvalue weighted by Crippen LogP contribution is 2.31. The number of esters is 1. The Bertz CT molecular complexity index is 1460. The van der Waals surface area contributed by atoms with Crippen LogP contribution in [0.2, 0.25) is 0 Å². The Balaban J connectivity index is 1.75. The molecular formula is C28H25IN2O4. The first-order valence-corrected chi connectivity index (χ1v) is 12.3. The first kappa shape index (κ1) is 24.7. The van der Waals surface area contributed by atoms with E-state index in [2.05, 4.69) is 27.9 Å². The van der Waals surface area contributed by atoms with Gasteiger partial charge in [-0.25, -0.2) is 4.79 Å². The molecule has 0 aliphatic carbocycles. The van der Waals surface area contributed by atoms with Gasteiger partial charge in [0.05, 0.1) is 0 Å². The summed E-state index contributed by atoms with van der Waals surface area (Å²) in [5, 5.41) is 3.96. The van der Waals surface area contributed by atoms with Crippen LogP contribution < -0.4 is 10.9 Å². The summed E-state index contributed by atoms with van der Waals surface area (Å²) in [4.78, 5) is 39.5. The number of carbonyl (C=O) groups is 2. The smallest absolute Gasteiger partial charge is 0.356 e. The molecule has 4 aromatic rings. The fourth-order valence-electron chi connectivity index (χ4n) is 3.98. The molecule has 178 valence electrons. The third-order valence-electron chi connectivity index (χ3n) is 5.86. The maximum absolute atomic E-state index is 13.5. The monoisotopic (exact) mass is 580 g/mol. The SMILES string of the molecule is CCC(OC(=O)c1c(-c2ccc(C)cc2)c2ccccc2c(=O)n1C)C(=O)Nc1ccc(I)cc1. The fraction of sp³-hybridized carbons (Fsp3) is 0.179. The molecule has 0 fully saturated rings. The molecule has 0 aliphatic rings. The zero-order valence-electron chi connectivity index (χ0n) is 19.7. The number of anilines is 1. The average molecular weight is 580 g/mol. The van der Waals surface area contributed by atoms with Crippen LogP contribution in [0.1, 0.15) is 29.4 Å². The van der Waals surface area contributed by atoms with Gasteiger partial charge in [-0.3, -0.25) is 9.59 Å². The lowest BCUT2D eigenvalue weighted by molar-refractivity contribution is -0.124. The van der Waals surface area contributed by atoms with Crippen molar-refractivity contribution in [1.29, 1.82) is 0 Å². The van der Waals surface area contributed by atoms with Crippen LogP contribution in [0, 0.1) is 10.5 Å². The Labute approximate surface area is 217 Å². The molecule has 1 N–H and O–H groups in total. The van der Waals surface area contributed by atoms with Gasteiger partial charge >= 0.3 is 5.97 Å². The Kier molecular flexibility index (Phi) is 7.35. The largest absolute Gasteiger partial charge is 0.448 e. The number of hydrogen-bond donors (Lipinski definition) is 1. The highest BCUT2D eigenvalue weighted by molar-refractivity contribution is 14.1. The molecular weight excluding hydrogens is 555 g/mol. The summed E-state index contributed by atoms with van der Waals surface area (Å²) in [6, 6.07) is 22.3. The number of fused-ring (bicyclic) bond motifs is 1. The van der Waals surface area contributed by atoms with Crippen LogP contribution in [0.15, 0.2) is 77.6 Å². The fourth-order valence-corrected chi connectivity index (χ4v) is 4.34. The summed E-state index contributed by atoms with van der Waals surface area (Å²) < 4.78 is 8.05. The first-order valence-electron chi connectivity index (χ1n) is 11.3. The lowest BCUT2D eigenvalue weighted by atomic mass is 9.96. The van der Waals surface area contributed by atoms with Gasteiger partial charge in [-0.2, -0.15) is 0 Å². The molecule has 0 bridgehead atoms. The second kappa shape index (κ2) is 10.4. The van der Waals surface area contributed by atoms with Crippen LogP contribution in [0.25, 0.3) is 21.9 Å². The number of rotatable bonds is 6. The minimum atomic E-state index is -1.02. The van der Waals surface area contributed by atoms with Crippen molar-refractivity contribution in [2.45, 2.75) is 26.4 Å². The molecule has 3 aromatic carbocycles. The van der Waals surface area contributed by atoms with E-state index in [9.17, 15) is 14.4 Å². The number of amides is 1. The van der Waals surface area contributed by atoms with Crippen LogP contribution in [0.4, 0.5) is 5.69 Å². The number of aryl methyl sites for hydroxylation is 1. The van der Waals surface area contributed by atoms with Crippen LogP contribution in [0.5, 0.6) is 0 Å². The molecule has 1 amide bonds. The van der Waals surface area contributed by atoms with Gasteiger partial charge in [0, 0.05) is 27.3 Å². The second-order valence-electron chi connectivity index (χ2n) is 8.30. The quantitative estimate of drug-likeness (QED) is 0.235. The minimum Gasteiger partial charge on any atom is -0.448 e. The predicted octanol–water partition coefficient (Wildman–Crippen LogP) is 5.69. The third kappa shape index (κ3) is 5.14. The number of ether oxygens (including phenoxy) is 1. The molecule has 4 rings (SSSR count). The number of aromatic nitrogens is 1. The van der Waals surface area contributed by atoms with Crippen molar-refractivity contribution in [2.75, 3.05) is 5.32 Å². The van der Waals surface area contributed by atoms with Crippen LogP contribution in [-0.4, -0.2) is 22.5 Å². The normalized spacial score (nSPS) is 11.8. The van der Waals surface area contributed by atoms with E-state index in [4.69, 9.17) is 4.74 Å². The van der Waals surface area contributed by atoms with Crippen molar-refractivity contribution in [1.82, 2.24) is 4.57 Å². The Hall–Kier alpha value is -3.46. The van der Waals surface area contributed by atoms with Crippen LogP contribution >= 0.6 is 22.6 Å². The predicted molar refractivity (Wildman–Crippen MR) is 147 cm³/mol. The molecule has 35 heavy (non-hydrogen) atoms. The maximum atomic E-state index is 13.5. The number of halogens is 1. The van der Waals surface area contributed by atoms with E-state index < -0.39 is 18.0 Å². The minimum absolute atomic E-state index is 0.109. The van der Waals surface area contributed by atoms with Crippen molar-refractivity contribution in [3.8, 4) is 11.1 Å². The van der Waals surface area contributed by atoms with Gasteiger partial charge in [-0.05, 0) is 77.2 Å². The highest BCUT2D eigenvalue weighted by Gasteiger charge is 2.27. The van der Waals surface area contributed by atoms with E-state index in [0.29, 0.717) is 22.0 Å².